The average Bonchev–Trinajstić information content (AvgIpc) is 2.49. The first-order valence-corrected chi connectivity index (χ1v) is 5.81. The molecule has 0 radical (unpaired) electrons. The predicted octanol–water partition coefficient (Wildman–Crippen LogP) is 3.31. The third-order valence-electron chi connectivity index (χ3n) is 3.00. The molecule has 2 aromatic carbocycles. The lowest BCUT2D eigenvalue weighted by Gasteiger charge is -2.12. The summed E-state index contributed by atoms with van der Waals surface area (Å²) in [5.74, 6) is 0.693. The quantitative estimate of drug-likeness (QED) is 0.773. The summed E-state index contributed by atoms with van der Waals surface area (Å²) < 4.78 is 5.68. The van der Waals surface area contributed by atoms with E-state index in [9.17, 15) is 5.11 Å². The Kier molecular flexibility index (Phi) is 2.54. The van der Waals surface area contributed by atoms with Crippen LogP contribution in [-0.4, -0.2) is 5.11 Å². The van der Waals surface area contributed by atoms with Gasteiger partial charge in [0.1, 0.15) is 18.5 Å². The highest BCUT2D eigenvalue weighted by atomic mass is 35.5. The van der Waals surface area contributed by atoms with E-state index in [1.165, 1.54) is 0 Å². The minimum absolute atomic E-state index is 0.474. The maximum absolute atomic E-state index is 10.4. The van der Waals surface area contributed by atoms with Crippen LogP contribution in [0.5, 0.6) is 5.75 Å². The molecule has 0 saturated heterocycles. The van der Waals surface area contributed by atoms with Gasteiger partial charge in [0.05, 0.1) is 0 Å². The molecule has 0 bridgehead atoms. The van der Waals surface area contributed by atoms with Crippen LogP contribution in [0, 0.1) is 0 Å². The summed E-state index contributed by atoms with van der Waals surface area (Å²) in [7, 11) is 0. The standard InChI is InChI=1S/C14H11ClO2/c15-10-5-6-13-12(7-10)14(16)11-4-2-1-3-9(11)8-17-13/h1-7,14,16H,8H2/t14-/m0/s1. The van der Waals surface area contributed by atoms with Gasteiger partial charge in [-0.25, -0.2) is 0 Å². The number of ether oxygens (including phenoxy) is 1. The van der Waals surface area contributed by atoms with Gasteiger partial charge in [0.2, 0.25) is 0 Å². The lowest BCUT2D eigenvalue weighted by molar-refractivity contribution is 0.218. The molecule has 0 aromatic heterocycles. The monoisotopic (exact) mass is 246 g/mol. The second kappa shape index (κ2) is 4.06. The highest BCUT2D eigenvalue weighted by Crippen LogP contribution is 2.36. The molecule has 1 aliphatic heterocycles. The molecule has 2 aromatic rings. The summed E-state index contributed by atoms with van der Waals surface area (Å²) in [5.41, 5.74) is 2.61. The van der Waals surface area contributed by atoms with E-state index in [1.807, 2.05) is 24.3 Å². The molecule has 3 heteroatoms. The van der Waals surface area contributed by atoms with Crippen molar-refractivity contribution in [1.29, 1.82) is 0 Å². The molecule has 0 unspecified atom stereocenters. The maximum Gasteiger partial charge on any atom is 0.126 e. The normalized spacial score (nSPS) is 17.6. The fraction of sp³-hybridized carbons (Fsp3) is 0.143. The first-order chi connectivity index (χ1) is 8.25. The highest BCUT2D eigenvalue weighted by Gasteiger charge is 2.22. The number of benzene rings is 2. The largest absolute Gasteiger partial charge is 0.488 e. The Bertz CT molecular complexity index is 566. The van der Waals surface area contributed by atoms with Gasteiger partial charge in [-0.05, 0) is 29.3 Å². The van der Waals surface area contributed by atoms with Gasteiger partial charge in [-0.3, -0.25) is 0 Å². The molecule has 0 fully saturated rings. The zero-order chi connectivity index (χ0) is 11.8. The van der Waals surface area contributed by atoms with E-state index in [4.69, 9.17) is 16.3 Å². The molecule has 0 spiro atoms. The van der Waals surface area contributed by atoms with Crippen molar-refractivity contribution < 1.29 is 9.84 Å². The molecular weight excluding hydrogens is 236 g/mol. The molecule has 3 rings (SSSR count). The van der Waals surface area contributed by atoms with Crippen LogP contribution in [0.15, 0.2) is 42.5 Å². The van der Waals surface area contributed by atoms with Crippen molar-refractivity contribution in [3.63, 3.8) is 0 Å². The summed E-state index contributed by atoms with van der Waals surface area (Å²) in [6.45, 7) is 0.474. The van der Waals surface area contributed by atoms with Gasteiger partial charge in [0.25, 0.3) is 0 Å². The zero-order valence-electron chi connectivity index (χ0n) is 9.06. The highest BCUT2D eigenvalue weighted by molar-refractivity contribution is 6.30. The minimum Gasteiger partial charge on any atom is -0.488 e. The van der Waals surface area contributed by atoms with Crippen molar-refractivity contribution in [3.05, 3.63) is 64.2 Å². The Morgan fingerprint density at radius 1 is 1.12 bits per heavy atom. The van der Waals surface area contributed by atoms with E-state index >= 15 is 0 Å². The van der Waals surface area contributed by atoms with Crippen LogP contribution < -0.4 is 4.74 Å². The molecule has 1 atom stereocenters. The second-order valence-corrected chi connectivity index (χ2v) is 4.51. The summed E-state index contributed by atoms with van der Waals surface area (Å²) in [5, 5.41) is 11.0. The molecule has 0 aliphatic carbocycles. The van der Waals surface area contributed by atoms with Gasteiger partial charge in [-0.15, -0.1) is 0 Å². The Morgan fingerprint density at radius 3 is 2.82 bits per heavy atom. The summed E-state index contributed by atoms with van der Waals surface area (Å²) in [4.78, 5) is 0. The fourth-order valence-corrected chi connectivity index (χ4v) is 2.30. The molecule has 1 aliphatic rings. The topological polar surface area (TPSA) is 29.5 Å². The Balaban J connectivity index is 2.18. The van der Waals surface area contributed by atoms with Gasteiger partial charge in [0.15, 0.2) is 0 Å². The van der Waals surface area contributed by atoms with Crippen LogP contribution >= 0.6 is 11.6 Å². The smallest absolute Gasteiger partial charge is 0.126 e. The number of fused-ring (bicyclic) bond motifs is 2. The molecule has 86 valence electrons. The van der Waals surface area contributed by atoms with Crippen molar-refractivity contribution in [2.24, 2.45) is 0 Å². The summed E-state index contributed by atoms with van der Waals surface area (Å²) in [6, 6.07) is 13.1. The van der Waals surface area contributed by atoms with Crippen molar-refractivity contribution >= 4 is 11.6 Å². The van der Waals surface area contributed by atoms with Crippen molar-refractivity contribution in [3.8, 4) is 5.75 Å². The third kappa shape index (κ3) is 1.79. The van der Waals surface area contributed by atoms with Gasteiger partial charge in [-0.2, -0.15) is 0 Å². The number of aliphatic hydroxyl groups excluding tert-OH is 1. The van der Waals surface area contributed by atoms with Crippen LogP contribution in [0.2, 0.25) is 5.02 Å². The third-order valence-corrected chi connectivity index (χ3v) is 3.23. The zero-order valence-corrected chi connectivity index (χ0v) is 9.82. The van der Waals surface area contributed by atoms with E-state index in [-0.39, 0.29) is 0 Å². The molecule has 1 N–H and O–H groups in total. The fourth-order valence-electron chi connectivity index (χ4n) is 2.12. The van der Waals surface area contributed by atoms with E-state index in [0.29, 0.717) is 17.4 Å². The first kappa shape index (κ1) is 10.6. The Morgan fingerprint density at radius 2 is 1.94 bits per heavy atom. The molecule has 0 amide bonds. The number of rotatable bonds is 0. The van der Waals surface area contributed by atoms with E-state index < -0.39 is 6.10 Å². The van der Waals surface area contributed by atoms with Gasteiger partial charge in [-0.1, -0.05) is 35.9 Å². The van der Waals surface area contributed by atoms with Gasteiger partial charge >= 0.3 is 0 Å². The molecule has 17 heavy (non-hydrogen) atoms. The maximum atomic E-state index is 10.4. The average molecular weight is 247 g/mol. The molecular formula is C14H11ClO2. The summed E-state index contributed by atoms with van der Waals surface area (Å²) in [6.07, 6.45) is -0.678. The SMILES string of the molecule is O[C@H]1c2ccccc2COc2ccc(Cl)cc21. The predicted molar refractivity (Wildman–Crippen MR) is 66.3 cm³/mol. The number of hydrogen-bond acceptors (Lipinski definition) is 2. The van der Waals surface area contributed by atoms with E-state index in [2.05, 4.69) is 0 Å². The number of halogens is 1. The van der Waals surface area contributed by atoms with Crippen LogP contribution in [0.25, 0.3) is 0 Å². The lowest BCUT2D eigenvalue weighted by atomic mass is 9.98. The van der Waals surface area contributed by atoms with Gasteiger partial charge in [0, 0.05) is 10.6 Å². The van der Waals surface area contributed by atoms with E-state index in [0.717, 1.165) is 16.7 Å². The number of aliphatic hydroxyl groups is 1. The minimum atomic E-state index is -0.678. The van der Waals surface area contributed by atoms with Crippen molar-refractivity contribution in [1.82, 2.24) is 0 Å². The Labute approximate surface area is 104 Å². The lowest BCUT2D eigenvalue weighted by Crippen LogP contribution is -2.00. The van der Waals surface area contributed by atoms with Crippen LogP contribution in [0.1, 0.15) is 22.8 Å². The summed E-state index contributed by atoms with van der Waals surface area (Å²) >= 11 is 5.96. The molecule has 1 heterocycles. The van der Waals surface area contributed by atoms with Crippen LogP contribution in [-0.2, 0) is 6.61 Å². The van der Waals surface area contributed by atoms with Gasteiger partial charge < -0.3 is 9.84 Å². The molecule has 2 nitrogen and oxygen atoms in total. The van der Waals surface area contributed by atoms with Crippen LogP contribution in [0.3, 0.4) is 0 Å². The number of hydrogen-bond donors (Lipinski definition) is 1. The first-order valence-electron chi connectivity index (χ1n) is 5.44. The Hall–Kier alpha value is -1.51. The van der Waals surface area contributed by atoms with Crippen LogP contribution in [0.4, 0.5) is 0 Å². The van der Waals surface area contributed by atoms with Crippen molar-refractivity contribution in [2.75, 3.05) is 0 Å². The van der Waals surface area contributed by atoms with E-state index in [1.54, 1.807) is 18.2 Å². The second-order valence-electron chi connectivity index (χ2n) is 4.07. The van der Waals surface area contributed by atoms with Crippen molar-refractivity contribution in [2.45, 2.75) is 12.7 Å². The molecule has 0 saturated carbocycles.